The van der Waals surface area contributed by atoms with E-state index in [1.165, 1.54) is 6.08 Å². The van der Waals surface area contributed by atoms with Crippen LogP contribution in [0.5, 0.6) is 5.75 Å². The molecular formula is C16H13Cl2NO2. The van der Waals surface area contributed by atoms with Crippen LogP contribution in [-0.2, 0) is 4.79 Å². The quantitative estimate of drug-likeness (QED) is 0.832. The number of methoxy groups -OCH3 is 1. The zero-order valence-electron chi connectivity index (χ0n) is 11.3. The summed E-state index contributed by atoms with van der Waals surface area (Å²) in [4.78, 5) is 11.9. The summed E-state index contributed by atoms with van der Waals surface area (Å²) < 4.78 is 5.17. The molecule has 5 heteroatoms. The maximum atomic E-state index is 11.9. The third-order valence-electron chi connectivity index (χ3n) is 2.74. The predicted octanol–water partition coefficient (Wildman–Crippen LogP) is 4.65. The van der Waals surface area contributed by atoms with Gasteiger partial charge in [-0.3, -0.25) is 4.79 Å². The smallest absolute Gasteiger partial charge is 0.248 e. The van der Waals surface area contributed by atoms with Crippen LogP contribution in [0.4, 0.5) is 5.69 Å². The number of carbonyl (C=O) groups is 1. The number of halogens is 2. The monoisotopic (exact) mass is 321 g/mol. The number of anilines is 1. The van der Waals surface area contributed by atoms with Crippen molar-refractivity contribution in [3.8, 4) is 5.75 Å². The largest absolute Gasteiger partial charge is 0.495 e. The van der Waals surface area contributed by atoms with E-state index in [2.05, 4.69) is 5.32 Å². The van der Waals surface area contributed by atoms with Crippen LogP contribution in [-0.4, -0.2) is 13.0 Å². The first-order chi connectivity index (χ1) is 10.1. The van der Waals surface area contributed by atoms with E-state index in [1.54, 1.807) is 43.5 Å². The first-order valence-corrected chi connectivity index (χ1v) is 6.93. The second-order valence-electron chi connectivity index (χ2n) is 4.20. The Kier molecular flexibility index (Phi) is 5.26. The highest BCUT2D eigenvalue weighted by atomic mass is 35.5. The van der Waals surface area contributed by atoms with Crippen LogP contribution in [0.3, 0.4) is 0 Å². The highest BCUT2D eigenvalue weighted by Gasteiger charge is 2.04. The summed E-state index contributed by atoms with van der Waals surface area (Å²) in [6.07, 6.45) is 3.08. The van der Waals surface area contributed by atoms with Crippen LogP contribution in [0.1, 0.15) is 5.56 Å². The molecule has 2 aromatic carbocycles. The van der Waals surface area contributed by atoms with Crippen LogP contribution in [0.25, 0.3) is 6.08 Å². The molecule has 1 amide bonds. The minimum absolute atomic E-state index is 0.259. The first kappa shape index (κ1) is 15.4. The Labute approximate surface area is 133 Å². The van der Waals surface area contributed by atoms with Crippen LogP contribution < -0.4 is 10.1 Å². The number of nitrogens with one attached hydrogen (secondary N) is 1. The summed E-state index contributed by atoms with van der Waals surface area (Å²) in [5.41, 5.74) is 1.41. The zero-order chi connectivity index (χ0) is 15.2. The Morgan fingerprint density at radius 2 is 1.90 bits per heavy atom. The highest BCUT2D eigenvalue weighted by molar-refractivity contribution is 6.42. The van der Waals surface area contributed by atoms with E-state index >= 15 is 0 Å². The van der Waals surface area contributed by atoms with E-state index in [0.717, 1.165) is 5.56 Å². The van der Waals surface area contributed by atoms with Gasteiger partial charge in [0.05, 0.1) is 22.8 Å². The Morgan fingerprint density at radius 1 is 1.14 bits per heavy atom. The van der Waals surface area contributed by atoms with E-state index < -0.39 is 0 Å². The zero-order valence-corrected chi connectivity index (χ0v) is 12.8. The van der Waals surface area contributed by atoms with Crippen LogP contribution in [0.2, 0.25) is 10.0 Å². The molecule has 0 bridgehead atoms. The fourth-order valence-electron chi connectivity index (χ4n) is 1.71. The third kappa shape index (κ3) is 4.25. The number of carbonyl (C=O) groups excluding carboxylic acids is 1. The Morgan fingerprint density at radius 3 is 2.62 bits per heavy atom. The van der Waals surface area contributed by atoms with Gasteiger partial charge in [0.2, 0.25) is 5.91 Å². The molecule has 0 aromatic heterocycles. The fraction of sp³-hybridized carbons (Fsp3) is 0.0625. The van der Waals surface area contributed by atoms with Crippen LogP contribution in [0.15, 0.2) is 48.5 Å². The van der Waals surface area contributed by atoms with Crippen LogP contribution in [0, 0.1) is 0 Å². The molecule has 0 atom stereocenters. The molecule has 2 rings (SSSR count). The summed E-state index contributed by atoms with van der Waals surface area (Å²) in [5.74, 6) is 0.347. The van der Waals surface area contributed by atoms with Crippen molar-refractivity contribution in [2.45, 2.75) is 0 Å². The van der Waals surface area contributed by atoms with Crippen molar-refractivity contribution in [1.82, 2.24) is 0 Å². The van der Waals surface area contributed by atoms with Crippen LogP contribution >= 0.6 is 23.2 Å². The molecule has 0 fully saturated rings. The number of rotatable bonds is 4. The molecule has 3 nitrogen and oxygen atoms in total. The molecule has 1 N–H and O–H groups in total. The first-order valence-electron chi connectivity index (χ1n) is 6.17. The number of ether oxygens (including phenoxy) is 1. The molecule has 21 heavy (non-hydrogen) atoms. The second-order valence-corrected chi connectivity index (χ2v) is 5.01. The highest BCUT2D eigenvalue weighted by Crippen LogP contribution is 2.24. The van der Waals surface area contributed by atoms with Crippen molar-refractivity contribution in [1.29, 1.82) is 0 Å². The van der Waals surface area contributed by atoms with Crippen molar-refractivity contribution < 1.29 is 9.53 Å². The van der Waals surface area contributed by atoms with E-state index in [0.29, 0.717) is 21.5 Å². The lowest BCUT2D eigenvalue weighted by Crippen LogP contribution is -2.08. The molecule has 0 heterocycles. The van der Waals surface area contributed by atoms with Crippen molar-refractivity contribution in [2.75, 3.05) is 12.4 Å². The standard InChI is InChI=1S/C16H13Cl2NO2/c1-21-15-5-3-2-4-14(15)19-16(20)9-7-11-6-8-12(17)13(18)10-11/h2-10H,1H3,(H,19,20)/b9-7+. The van der Waals surface area contributed by atoms with E-state index in [4.69, 9.17) is 27.9 Å². The number of hydrogen-bond donors (Lipinski definition) is 1. The van der Waals surface area contributed by atoms with Gasteiger partial charge in [0.15, 0.2) is 0 Å². The number of para-hydroxylation sites is 2. The molecule has 0 radical (unpaired) electrons. The number of benzene rings is 2. The summed E-state index contributed by atoms with van der Waals surface area (Å²) in [7, 11) is 1.55. The van der Waals surface area contributed by atoms with E-state index in [1.807, 2.05) is 12.1 Å². The summed E-state index contributed by atoms with van der Waals surface area (Å²) in [6, 6.07) is 12.3. The topological polar surface area (TPSA) is 38.3 Å². The average molecular weight is 322 g/mol. The fourth-order valence-corrected chi connectivity index (χ4v) is 2.02. The molecule has 0 spiro atoms. The summed E-state index contributed by atoms with van der Waals surface area (Å²) >= 11 is 11.8. The SMILES string of the molecule is COc1ccccc1NC(=O)/C=C/c1ccc(Cl)c(Cl)c1. The summed E-state index contributed by atoms with van der Waals surface area (Å²) in [5, 5.41) is 3.67. The van der Waals surface area contributed by atoms with Gasteiger partial charge in [-0.15, -0.1) is 0 Å². The van der Waals surface area contributed by atoms with Crippen molar-refractivity contribution >= 4 is 40.9 Å². The van der Waals surface area contributed by atoms with Gasteiger partial charge in [0.25, 0.3) is 0 Å². The molecule has 2 aromatic rings. The second kappa shape index (κ2) is 7.16. The Hall–Kier alpha value is -1.97. The van der Waals surface area contributed by atoms with Gasteiger partial charge < -0.3 is 10.1 Å². The molecule has 0 aliphatic rings. The minimum atomic E-state index is -0.259. The molecule has 0 aliphatic carbocycles. The van der Waals surface area contributed by atoms with Gasteiger partial charge in [-0.25, -0.2) is 0 Å². The lowest BCUT2D eigenvalue weighted by molar-refractivity contribution is -0.111. The van der Waals surface area contributed by atoms with Gasteiger partial charge in [-0.05, 0) is 35.9 Å². The normalized spacial score (nSPS) is 10.6. The molecule has 0 unspecified atom stereocenters. The van der Waals surface area contributed by atoms with Gasteiger partial charge in [0.1, 0.15) is 5.75 Å². The van der Waals surface area contributed by atoms with E-state index in [-0.39, 0.29) is 5.91 Å². The molecular weight excluding hydrogens is 309 g/mol. The minimum Gasteiger partial charge on any atom is -0.495 e. The third-order valence-corrected chi connectivity index (χ3v) is 3.47. The lowest BCUT2D eigenvalue weighted by atomic mass is 10.2. The lowest BCUT2D eigenvalue weighted by Gasteiger charge is -2.07. The van der Waals surface area contributed by atoms with Crippen molar-refractivity contribution in [3.05, 3.63) is 64.1 Å². The summed E-state index contributed by atoms with van der Waals surface area (Å²) in [6.45, 7) is 0. The van der Waals surface area contributed by atoms with Gasteiger partial charge >= 0.3 is 0 Å². The molecule has 0 saturated carbocycles. The van der Waals surface area contributed by atoms with Crippen molar-refractivity contribution in [2.24, 2.45) is 0 Å². The Bertz CT molecular complexity index is 684. The molecule has 0 saturated heterocycles. The molecule has 0 aliphatic heterocycles. The number of hydrogen-bond acceptors (Lipinski definition) is 2. The average Bonchev–Trinajstić information content (AvgIpc) is 2.49. The van der Waals surface area contributed by atoms with Crippen molar-refractivity contribution in [3.63, 3.8) is 0 Å². The maximum Gasteiger partial charge on any atom is 0.248 e. The van der Waals surface area contributed by atoms with Gasteiger partial charge in [0, 0.05) is 6.08 Å². The van der Waals surface area contributed by atoms with Gasteiger partial charge in [-0.2, -0.15) is 0 Å². The number of amides is 1. The van der Waals surface area contributed by atoms with Gasteiger partial charge in [-0.1, -0.05) is 41.4 Å². The maximum absolute atomic E-state index is 11.9. The predicted molar refractivity (Wildman–Crippen MR) is 87.1 cm³/mol. The van der Waals surface area contributed by atoms with E-state index in [9.17, 15) is 4.79 Å². The molecule has 108 valence electrons. The Balaban J connectivity index is 2.07.